The number of hydrogen-bond acceptors (Lipinski definition) is 4. The van der Waals surface area contributed by atoms with Crippen molar-refractivity contribution < 1.29 is 14.3 Å². The van der Waals surface area contributed by atoms with Gasteiger partial charge in [0.1, 0.15) is 18.2 Å². The Morgan fingerprint density at radius 2 is 1.81 bits per heavy atom. The first-order chi connectivity index (χ1) is 12.6. The van der Waals surface area contributed by atoms with Crippen LogP contribution in [0.1, 0.15) is 60.3 Å². The number of para-hydroxylation sites is 2. The topological polar surface area (TPSA) is 58.6 Å². The van der Waals surface area contributed by atoms with Crippen LogP contribution in [0, 0.1) is 11.3 Å². The van der Waals surface area contributed by atoms with E-state index in [9.17, 15) is 9.59 Å². The van der Waals surface area contributed by atoms with Gasteiger partial charge in [0.05, 0.1) is 11.4 Å². The molecule has 27 heavy (non-hydrogen) atoms. The van der Waals surface area contributed by atoms with E-state index in [0.717, 1.165) is 37.1 Å². The molecule has 0 atom stereocenters. The minimum Gasteiger partial charge on any atom is -0.461 e. The number of carbonyl (C=O) groups excluding carboxylic acids is 2. The molecule has 1 saturated carbocycles. The second-order valence-corrected chi connectivity index (χ2v) is 9.49. The second-order valence-electron chi connectivity index (χ2n) is 9.49. The average Bonchev–Trinajstić information content (AvgIpc) is 2.58. The maximum Gasteiger partial charge on any atom is 0.326 e. The highest BCUT2D eigenvalue weighted by atomic mass is 16.5. The maximum absolute atomic E-state index is 12.8. The number of fused-ring (bicyclic) bond motifs is 1. The lowest BCUT2D eigenvalue weighted by Crippen LogP contribution is -2.55. The number of hydrogen-bond donors (Lipinski definition) is 1. The van der Waals surface area contributed by atoms with Gasteiger partial charge in [0.25, 0.3) is 5.91 Å². The summed E-state index contributed by atoms with van der Waals surface area (Å²) in [5, 5.41) is 3.25. The molecule has 5 nitrogen and oxygen atoms in total. The molecule has 0 saturated heterocycles. The van der Waals surface area contributed by atoms with Gasteiger partial charge in [-0.1, -0.05) is 32.9 Å². The van der Waals surface area contributed by atoms with Crippen LogP contribution < -0.4 is 10.2 Å². The summed E-state index contributed by atoms with van der Waals surface area (Å²) in [6.45, 7) is 10.5. The molecule has 1 aromatic carbocycles. The number of benzene rings is 1. The zero-order valence-corrected chi connectivity index (χ0v) is 17.2. The third kappa shape index (κ3) is 4.28. The summed E-state index contributed by atoms with van der Waals surface area (Å²) in [6.07, 6.45) is 3.96. The molecular weight excluding hydrogens is 340 g/mol. The lowest BCUT2D eigenvalue weighted by Gasteiger charge is -2.40. The number of rotatable bonds is 3. The zero-order chi connectivity index (χ0) is 19.8. The van der Waals surface area contributed by atoms with Gasteiger partial charge in [0, 0.05) is 0 Å². The predicted octanol–water partition coefficient (Wildman–Crippen LogP) is 4.37. The van der Waals surface area contributed by atoms with Gasteiger partial charge in [0.15, 0.2) is 0 Å². The van der Waals surface area contributed by atoms with Gasteiger partial charge in [-0.2, -0.15) is 0 Å². The zero-order valence-electron chi connectivity index (χ0n) is 17.2. The fraction of sp³-hybridized carbons (Fsp3) is 0.636. The molecule has 1 heterocycles. The smallest absolute Gasteiger partial charge is 0.326 e. The van der Waals surface area contributed by atoms with E-state index in [1.54, 1.807) is 4.90 Å². The monoisotopic (exact) mass is 372 g/mol. The average molecular weight is 373 g/mol. The summed E-state index contributed by atoms with van der Waals surface area (Å²) < 4.78 is 5.73. The molecule has 0 spiro atoms. The Kier molecular flexibility index (Phi) is 5.24. The minimum absolute atomic E-state index is 0.0302. The summed E-state index contributed by atoms with van der Waals surface area (Å²) in [5.41, 5.74) is 1.15. The van der Waals surface area contributed by atoms with Crippen molar-refractivity contribution in [3.05, 3.63) is 24.3 Å². The number of ether oxygens (including phenoxy) is 1. The molecule has 5 heteroatoms. The van der Waals surface area contributed by atoms with E-state index in [1.165, 1.54) is 0 Å². The number of nitrogens with zero attached hydrogens (tertiary/aromatic N) is 1. The van der Waals surface area contributed by atoms with Crippen molar-refractivity contribution in [2.24, 2.45) is 11.3 Å². The van der Waals surface area contributed by atoms with E-state index < -0.39 is 5.54 Å². The Bertz CT molecular complexity index is 713. The first-order valence-electron chi connectivity index (χ1n) is 9.96. The molecule has 1 aliphatic carbocycles. The van der Waals surface area contributed by atoms with Gasteiger partial charge in [-0.3, -0.25) is 14.5 Å². The molecule has 1 aliphatic heterocycles. The fourth-order valence-electron chi connectivity index (χ4n) is 4.21. The van der Waals surface area contributed by atoms with E-state index in [1.807, 2.05) is 38.1 Å². The van der Waals surface area contributed by atoms with Crippen LogP contribution in [0.25, 0.3) is 0 Å². The van der Waals surface area contributed by atoms with Crippen LogP contribution in [0.3, 0.4) is 0 Å². The molecule has 1 aromatic rings. The molecule has 0 aromatic heterocycles. The van der Waals surface area contributed by atoms with Crippen molar-refractivity contribution >= 4 is 23.3 Å². The predicted molar refractivity (Wildman–Crippen MR) is 108 cm³/mol. The third-order valence-electron chi connectivity index (χ3n) is 5.91. The molecule has 148 valence electrons. The van der Waals surface area contributed by atoms with Crippen LogP contribution in [0.5, 0.6) is 0 Å². The summed E-state index contributed by atoms with van der Waals surface area (Å²) in [7, 11) is 0. The second kappa shape index (κ2) is 7.17. The van der Waals surface area contributed by atoms with E-state index in [2.05, 4.69) is 26.1 Å². The lowest BCUT2D eigenvalue weighted by atomic mass is 9.72. The van der Waals surface area contributed by atoms with E-state index >= 15 is 0 Å². The lowest BCUT2D eigenvalue weighted by molar-refractivity contribution is -0.150. The van der Waals surface area contributed by atoms with Crippen LogP contribution in [0.15, 0.2) is 24.3 Å². The minimum atomic E-state index is -0.751. The van der Waals surface area contributed by atoms with Crippen LogP contribution >= 0.6 is 0 Å². The molecule has 1 fully saturated rings. The van der Waals surface area contributed by atoms with Crippen molar-refractivity contribution in [1.29, 1.82) is 0 Å². The van der Waals surface area contributed by atoms with Gasteiger partial charge in [-0.15, -0.1) is 0 Å². The molecular formula is C22H32N2O3. The van der Waals surface area contributed by atoms with Crippen LogP contribution in [0.4, 0.5) is 11.4 Å². The van der Waals surface area contributed by atoms with Gasteiger partial charge in [-0.25, -0.2) is 0 Å². The summed E-state index contributed by atoms with van der Waals surface area (Å²) in [5.74, 6) is 0.236. The first-order valence-corrected chi connectivity index (χ1v) is 9.96. The Morgan fingerprint density at radius 1 is 1.19 bits per heavy atom. The molecule has 1 amide bonds. The van der Waals surface area contributed by atoms with E-state index in [4.69, 9.17) is 4.74 Å². The van der Waals surface area contributed by atoms with Crippen molar-refractivity contribution in [1.82, 2.24) is 0 Å². The first kappa shape index (κ1) is 19.7. The fourth-order valence-corrected chi connectivity index (χ4v) is 4.21. The SMILES string of the molecule is CC1(C)Nc2ccccc2N(CC(=O)OC2CCC(C(C)(C)C)CC2)C1=O. The Morgan fingerprint density at radius 3 is 2.44 bits per heavy atom. The molecule has 0 unspecified atom stereocenters. The largest absolute Gasteiger partial charge is 0.461 e. The quantitative estimate of drug-likeness (QED) is 0.801. The highest BCUT2D eigenvalue weighted by Crippen LogP contribution is 2.39. The normalized spacial score (nSPS) is 24.8. The van der Waals surface area contributed by atoms with Gasteiger partial charge >= 0.3 is 5.97 Å². The van der Waals surface area contributed by atoms with Gasteiger partial charge < -0.3 is 10.1 Å². The van der Waals surface area contributed by atoms with Crippen molar-refractivity contribution in [2.75, 3.05) is 16.8 Å². The number of carbonyl (C=O) groups is 2. The molecule has 2 aliphatic rings. The number of esters is 1. The maximum atomic E-state index is 12.8. The Balaban J connectivity index is 1.63. The van der Waals surface area contributed by atoms with Gasteiger partial charge in [-0.05, 0) is 63.0 Å². The van der Waals surface area contributed by atoms with E-state index in [-0.39, 0.29) is 24.5 Å². The highest BCUT2D eigenvalue weighted by molar-refractivity contribution is 6.09. The molecule has 0 bridgehead atoms. The Hall–Kier alpha value is -2.04. The van der Waals surface area contributed by atoms with Crippen molar-refractivity contribution in [2.45, 2.75) is 71.9 Å². The molecule has 1 N–H and O–H groups in total. The number of nitrogens with one attached hydrogen (secondary N) is 1. The standard InChI is InChI=1S/C22H32N2O3/c1-21(2,3)15-10-12-16(13-11-15)27-19(25)14-24-18-9-7-6-8-17(18)23-22(4,5)20(24)26/h6-9,15-16,23H,10-14H2,1-5H3. The molecule has 0 radical (unpaired) electrons. The van der Waals surface area contributed by atoms with Gasteiger partial charge in [0.2, 0.25) is 0 Å². The van der Waals surface area contributed by atoms with Crippen molar-refractivity contribution in [3.63, 3.8) is 0 Å². The molecule has 3 rings (SSSR count). The summed E-state index contributed by atoms with van der Waals surface area (Å²) in [4.78, 5) is 27.0. The number of anilines is 2. The number of amides is 1. The van der Waals surface area contributed by atoms with Crippen molar-refractivity contribution in [3.8, 4) is 0 Å². The summed E-state index contributed by atoms with van der Waals surface area (Å²) in [6, 6.07) is 7.58. The van der Waals surface area contributed by atoms with E-state index in [0.29, 0.717) is 11.3 Å². The highest BCUT2D eigenvalue weighted by Gasteiger charge is 2.40. The van der Waals surface area contributed by atoms with Crippen LogP contribution in [0.2, 0.25) is 0 Å². The Labute approximate surface area is 162 Å². The van der Waals surface area contributed by atoms with Crippen LogP contribution in [-0.2, 0) is 14.3 Å². The van der Waals surface area contributed by atoms with Crippen LogP contribution in [-0.4, -0.2) is 30.1 Å². The third-order valence-corrected chi connectivity index (χ3v) is 5.91. The summed E-state index contributed by atoms with van der Waals surface area (Å²) >= 11 is 0.